The summed E-state index contributed by atoms with van der Waals surface area (Å²) in [5, 5.41) is 5.62. The van der Waals surface area contributed by atoms with Gasteiger partial charge in [0.1, 0.15) is 6.61 Å². The van der Waals surface area contributed by atoms with Gasteiger partial charge < -0.3 is 23.8 Å². The molecule has 2 aromatic carbocycles. The minimum Gasteiger partial charge on any atom is -0.489 e. The van der Waals surface area contributed by atoms with Crippen LogP contribution in [0.25, 0.3) is 0 Å². The lowest BCUT2D eigenvalue weighted by Crippen LogP contribution is -2.37. The maximum absolute atomic E-state index is 13.0. The second kappa shape index (κ2) is 9.53. The van der Waals surface area contributed by atoms with E-state index in [1.807, 2.05) is 4.90 Å². The van der Waals surface area contributed by atoms with E-state index in [1.54, 1.807) is 18.2 Å². The normalized spacial score (nSPS) is 16.4. The average Bonchev–Trinajstić information content (AvgIpc) is 3.03. The summed E-state index contributed by atoms with van der Waals surface area (Å²) in [5.41, 5.74) is 1.28. The standard InChI is InChI=1S/C21H23ClN2O7S/c22-17-10-14(11-19-20(17)30-7-1-6-29-19)13-31-21(25)16-12-15(32(23,26)27)2-3-18(16)24-4-8-28-9-5-24/h2-3,10-12H,1,4-9,13H2,(H2,23,26,27). The Labute approximate surface area is 191 Å². The Balaban J connectivity index is 1.58. The summed E-state index contributed by atoms with van der Waals surface area (Å²) in [6.45, 7) is 3.04. The second-order valence-electron chi connectivity index (χ2n) is 7.35. The molecule has 11 heteroatoms. The van der Waals surface area contributed by atoms with Gasteiger partial charge in [-0.05, 0) is 35.9 Å². The first kappa shape index (κ1) is 22.7. The highest BCUT2D eigenvalue weighted by Crippen LogP contribution is 2.38. The molecular formula is C21H23ClN2O7S. The topological polar surface area (TPSA) is 117 Å². The molecule has 0 aliphatic carbocycles. The van der Waals surface area contributed by atoms with Crippen molar-refractivity contribution in [1.82, 2.24) is 0 Å². The molecule has 0 radical (unpaired) electrons. The first-order chi connectivity index (χ1) is 15.3. The number of ether oxygens (including phenoxy) is 4. The summed E-state index contributed by atoms with van der Waals surface area (Å²) in [6, 6.07) is 7.53. The minimum atomic E-state index is -3.99. The molecule has 0 bridgehead atoms. The van der Waals surface area contributed by atoms with Crippen LogP contribution >= 0.6 is 11.6 Å². The number of morpholine rings is 1. The predicted molar refractivity (Wildman–Crippen MR) is 117 cm³/mol. The highest BCUT2D eigenvalue weighted by molar-refractivity contribution is 7.89. The number of rotatable bonds is 5. The van der Waals surface area contributed by atoms with Crippen LogP contribution in [0.2, 0.25) is 5.02 Å². The van der Waals surface area contributed by atoms with E-state index >= 15 is 0 Å². The number of nitrogens with zero attached hydrogens (tertiary/aromatic N) is 1. The minimum absolute atomic E-state index is 0.0860. The molecule has 0 amide bonds. The van der Waals surface area contributed by atoms with Gasteiger partial charge in [0.25, 0.3) is 0 Å². The van der Waals surface area contributed by atoms with E-state index in [-0.39, 0.29) is 17.1 Å². The molecule has 32 heavy (non-hydrogen) atoms. The second-order valence-corrected chi connectivity index (χ2v) is 9.32. The Hall–Kier alpha value is -2.53. The van der Waals surface area contributed by atoms with Gasteiger partial charge in [0.15, 0.2) is 11.5 Å². The van der Waals surface area contributed by atoms with Crippen LogP contribution in [-0.2, 0) is 26.1 Å². The number of carbonyl (C=O) groups is 1. The van der Waals surface area contributed by atoms with Crippen LogP contribution in [0.4, 0.5) is 5.69 Å². The Kier molecular flexibility index (Phi) is 6.75. The lowest BCUT2D eigenvalue weighted by Gasteiger charge is -2.30. The fourth-order valence-corrected chi connectivity index (χ4v) is 4.36. The Morgan fingerprint density at radius 3 is 2.59 bits per heavy atom. The fourth-order valence-electron chi connectivity index (χ4n) is 3.53. The zero-order valence-electron chi connectivity index (χ0n) is 17.2. The lowest BCUT2D eigenvalue weighted by molar-refractivity contribution is 0.0472. The lowest BCUT2D eigenvalue weighted by atomic mass is 10.1. The van der Waals surface area contributed by atoms with Crippen LogP contribution in [0.1, 0.15) is 22.3 Å². The van der Waals surface area contributed by atoms with Crippen molar-refractivity contribution >= 4 is 33.3 Å². The van der Waals surface area contributed by atoms with Crippen molar-refractivity contribution in [2.24, 2.45) is 5.14 Å². The average molecular weight is 483 g/mol. The van der Waals surface area contributed by atoms with Crippen molar-refractivity contribution in [1.29, 1.82) is 0 Å². The molecule has 0 unspecified atom stereocenters. The number of anilines is 1. The number of halogens is 1. The quantitative estimate of drug-likeness (QED) is 0.645. The number of carbonyl (C=O) groups excluding carboxylic acids is 1. The molecule has 172 valence electrons. The van der Waals surface area contributed by atoms with Gasteiger partial charge in [0.2, 0.25) is 10.0 Å². The largest absolute Gasteiger partial charge is 0.489 e. The molecule has 1 saturated heterocycles. The van der Waals surface area contributed by atoms with Crippen LogP contribution < -0.4 is 19.5 Å². The van der Waals surface area contributed by atoms with Gasteiger partial charge in [0.05, 0.1) is 47.6 Å². The number of hydrogen-bond donors (Lipinski definition) is 1. The monoisotopic (exact) mass is 482 g/mol. The molecule has 2 aliphatic rings. The molecule has 0 saturated carbocycles. The van der Waals surface area contributed by atoms with Crippen LogP contribution in [-0.4, -0.2) is 53.9 Å². The van der Waals surface area contributed by atoms with Crippen molar-refractivity contribution in [3.8, 4) is 11.5 Å². The van der Waals surface area contributed by atoms with E-state index in [2.05, 4.69) is 0 Å². The van der Waals surface area contributed by atoms with Gasteiger partial charge in [-0.3, -0.25) is 0 Å². The maximum atomic E-state index is 13.0. The molecule has 1 fully saturated rings. The molecule has 2 heterocycles. The predicted octanol–water partition coefficient (Wildman–Crippen LogP) is 2.34. The molecule has 2 aromatic rings. The molecule has 0 aromatic heterocycles. The van der Waals surface area contributed by atoms with Gasteiger partial charge in [-0.15, -0.1) is 0 Å². The summed E-state index contributed by atoms with van der Waals surface area (Å²) < 4.78 is 45.8. The molecule has 0 atom stereocenters. The van der Waals surface area contributed by atoms with Crippen LogP contribution in [0.5, 0.6) is 11.5 Å². The van der Waals surface area contributed by atoms with Crippen LogP contribution in [0, 0.1) is 0 Å². The summed E-state index contributed by atoms with van der Waals surface area (Å²) in [7, 11) is -3.99. The summed E-state index contributed by atoms with van der Waals surface area (Å²) >= 11 is 6.31. The molecule has 4 rings (SSSR count). The molecule has 9 nitrogen and oxygen atoms in total. The van der Waals surface area contributed by atoms with Crippen molar-refractivity contribution in [2.45, 2.75) is 17.9 Å². The van der Waals surface area contributed by atoms with Crippen molar-refractivity contribution in [2.75, 3.05) is 44.4 Å². The first-order valence-electron chi connectivity index (χ1n) is 10.1. The highest BCUT2D eigenvalue weighted by atomic mass is 35.5. The zero-order chi connectivity index (χ0) is 22.7. The third-order valence-corrected chi connectivity index (χ3v) is 6.29. The summed E-state index contributed by atoms with van der Waals surface area (Å²) in [4.78, 5) is 14.8. The maximum Gasteiger partial charge on any atom is 0.340 e. The fraction of sp³-hybridized carbons (Fsp3) is 0.381. The van der Waals surface area contributed by atoms with Gasteiger partial charge in [-0.2, -0.15) is 0 Å². The summed E-state index contributed by atoms with van der Waals surface area (Å²) in [5.74, 6) is 0.279. The third kappa shape index (κ3) is 5.09. The van der Waals surface area contributed by atoms with E-state index in [0.29, 0.717) is 67.3 Å². The smallest absolute Gasteiger partial charge is 0.340 e. The number of fused-ring (bicyclic) bond motifs is 1. The molecule has 2 aliphatic heterocycles. The van der Waals surface area contributed by atoms with Crippen molar-refractivity contribution in [3.05, 3.63) is 46.5 Å². The molecule has 2 N–H and O–H groups in total. The number of benzene rings is 2. The number of esters is 1. The SMILES string of the molecule is NS(=O)(=O)c1ccc(N2CCOCC2)c(C(=O)OCc2cc(Cl)c3c(c2)OCCCO3)c1. The summed E-state index contributed by atoms with van der Waals surface area (Å²) in [6.07, 6.45) is 0.736. The first-order valence-corrected chi connectivity index (χ1v) is 12.0. The van der Waals surface area contributed by atoms with Crippen LogP contribution in [0.15, 0.2) is 35.2 Å². The van der Waals surface area contributed by atoms with E-state index in [9.17, 15) is 13.2 Å². The third-order valence-electron chi connectivity index (χ3n) is 5.10. The van der Waals surface area contributed by atoms with E-state index in [4.69, 9.17) is 35.7 Å². The van der Waals surface area contributed by atoms with Gasteiger partial charge in [-0.1, -0.05) is 11.6 Å². The Morgan fingerprint density at radius 1 is 1.09 bits per heavy atom. The zero-order valence-corrected chi connectivity index (χ0v) is 18.8. The van der Waals surface area contributed by atoms with Crippen molar-refractivity contribution in [3.63, 3.8) is 0 Å². The van der Waals surface area contributed by atoms with E-state index < -0.39 is 16.0 Å². The van der Waals surface area contributed by atoms with Gasteiger partial charge in [-0.25, -0.2) is 18.4 Å². The van der Waals surface area contributed by atoms with Gasteiger partial charge in [0, 0.05) is 19.5 Å². The highest BCUT2D eigenvalue weighted by Gasteiger charge is 2.23. The number of nitrogens with two attached hydrogens (primary N) is 1. The Bertz CT molecular complexity index is 1120. The van der Waals surface area contributed by atoms with E-state index in [1.165, 1.54) is 12.1 Å². The number of sulfonamides is 1. The van der Waals surface area contributed by atoms with Crippen molar-refractivity contribution < 1.29 is 32.2 Å². The molecule has 0 spiro atoms. The molecular weight excluding hydrogens is 460 g/mol. The number of primary sulfonamides is 1. The number of hydrogen-bond acceptors (Lipinski definition) is 8. The Morgan fingerprint density at radius 2 is 1.84 bits per heavy atom. The van der Waals surface area contributed by atoms with E-state index in [0.717, 1.165) is 6.42 Å². The van der Waals surface area contributed by atoms with Gasteiger partial charge >= 0.3 is 5.97 Å². The van der Waals surface area contributed by atoms with Crippen LogP contribution in [0.3, 0.4) is 0 Å².